The molecule has 8 heteroatoms. The molecule has 5 nitrogen and oxygen atoms in total. The van der Waals surface area contributed by atoms with Gasteiger partial charge in [-0.15, -0.1) is 11.6 Å². The fourth-order valence-corrected chi connectivity index (χ4v) is 5.41. The summed E-state index contributed by atoms with van der Waals surface area (Å²) in [7, 11) is -3.57. The summed E-state index contributed by atoms with van der Waals surface area (Å²) in [6.45, 7) is 0.522. The van der Waals surface area contributed by atoms with Crippen LogP contribution in [0.15, 0.2) is 23.1 Å². The minimum absolute atomic E-state index is 0.128. The average molecular weight is 332 g/mol. The summed E-state index contributed by atoms with van der Waals surface area (Å²) in [5, 5.41) is 0. The predicted molar refractivity (Wildman–Crippen MR) is 79.7 cm³/mol. The number of aromatic nitrogens is 2. The number of hydrogen-bond acceptors (Lipinski definition) is 5. The second-order valence-corrected chi connectivity index (χ2v) is 7.50. The third-order valence-electron chi connectivity index (χ3n) is 3.59. The molecule has 1 fully saturated rings. The van der Waals surface area contributed by atoms with Crippen molar-refractivity contribution in [2.24, 2.45) is 0 Å². The van der Waals surface area contributed by atoms with Gasteiger partial charge in [0.15, 0.2) is 0 Å². The molecule has 2 heterocycles. The first-order valence-electron chi connectivity index (χ1n) is 6.43. The zero-order chi connectivity index (χ0) is 14.2. The maximum atomic E-state index is 12.9. The standard InChI is InChI=1S/C12H14ClN3O2S2/c13-8-9-4-1-2-7-16(9)20(17,18)11-6-3-5-10-12(11)15-19-14-10/h3,5-6,9H,1-2,4,7-8H2. The maximum absolute atomic E-state index is 12.9. The van der Waals surface area contributed by atoms with Crippen LogP contribution >= 0.6 is 23.3 Å². The Bertz CT molecular complexity index is 716. The normalized spacial score (nSPS) is 21.4. The Balaban J connectivity index is 2.09. The molecular formula is C12H14ClN3O2S2. The summed E-state index contributed by atoms with van der Waals surface area (Å²) in [4.78, 5) is 0.237. The Morgan fingerprint density at radius 3 is 3.00 bits per heavy atom. The van der Waals surface area contributed by atoms with E-state index in [9.17, 15) is 8.42 Å². The second kappa shape index (κ2) is 5.55. The lowest BCUT2D eigenvalue weighted by Crippen LogP contribution is -2.44. The van der Waals surface area contributed by atoms with Gasteiger partial charge in [-0.05, 0) is 25.0 Å². The van der Waals surface area contributed by atoms with Crippen molar-refractivity contribution in [1.82, 2.24) is 13.1 Å². The fourth-order valence-electron chi connectivity index (χ4n) is 2.56. The molecule has 0 saturated carbocycles. The highest BCUT2D eigenvalue weighted by atomic mass is 35.5. The van der Waals surface area contributed by atoms with E-state index in [2.05, 4.69) is 8.75 Å². The zero-order valence-corrected chi connectivity index (χ0v) is 13.1. The number of benzene rings is 1. The summed E-state index contributed by atoms with van der Waals surface area (Å²) < 4.78 is 35.5. The van der Waals surface area contributed by atoms with Crippen LogP contribution < -0.4 is 0 Å². The first-order chi connectivity index (χ1) is 9.64. The van der Waals surface area contributed by atoms with Crippen LogP contribution in [0.5, 0.6) is 0 Å². The Hall–Kier alpha value is -0.760. The van der Waals surface area contributed by atoms with E-state index in [-0.39, 0.29) is 10.9 Å². The monoisotopic (exact) mass is 331 g/mol. The van der Waals surface area contributed by atoms with Crippen molar-refractivity contribution in [2.45, 2.75) is 30.2 Å². The van der Waals surface area contributed by atoms with Crippen LogP contribution in [0.2, 0.25) is 0 Å². The van der Waals surface area contributed by atoms with E-state index in [1.165, 1.54) is 4.31 Å². The molecular weight excluding hydrogens is 318 g/mol. The number of alkyl halides is 1. The molecule has 20 heavy (non-hydrogen) atoms. The molecule has 1 unspecified atom stereocenters. The van der Waals surface area contributed by atoms with Crippen LogP contribution in [0.25, 0.3) is 11.0 Å². The molecule has 1 aromatic carbocycles. The number of rotatable bonds is 3. The highest BCUT2D eigenvalue weighted by Gasteiger charge is 2.34. The van der Waals surface area contributed by atoms with Gasteiger partial charge in [0, 0.05) is 18.5 Å². The van der Waals surface area contributed by atoms with Gasteiger partial charge >= 0.3 is 0 Å². The van der Waals surface area contributed by atoms with E-state index < -0.39 is 10.0 Å². The highest BCUT2D eigenvalue weighted by molar-refractivity contribution is 7.89. The molecule has 0 bridgehead atoms. The van der Waals surface area contributed by atoms with Crippen molar-refractivity contribution in [3.05, 3.63) is 18.2 Å². The number of hydrogen-bond donors (Lipinski definition) is 0. The van der Waals surface area contributed by atoms with Crippen molar-refractivity contribution >= 4 is 44.4 Å². The van der Waals surface area contributed by atoms with Gasteiger partial charge in [-0.25, -0.2) is 8.42 Å². The third-order valence-corrected chi connectivity index (χ3v) is 6.47. The maximum Gasteiger partial charge on any atom is 0.245 e. The molecule has 3 rings (SSSR count). The second-order valence-electron chi connectivity index (χ2n) is 4.81. The SMILES string of the molecule is O=S(=O)(c1cccc2nsnc12)N1CCCCC1CCl. The van der Waals surface area contributed by atoms with Gasteiger partial charge in [0.05, 0.1) is 11.7 Å². The van der Waals surface area contributed by atoms with Gasteiger partial charge in [0.1, 0.15) is 15.9 Å². The number of nitrogens with zero attached hydrogens (tertiary/aromatic N) is 3. The van der Waals surface area contributed by atoms with Crippen molar-refractivity contribution in [2.75, 3.05) is 12.4 Å². The molecule has 0 aliphatic carbocycles. The van der Waals surface area contributed by atoms with E-state index >= 15 is 0 Å². The quantitative estimate of drug-likeness (QED) is 0.810. The molecule has 0 spiro atoms. The molecule has 108 valence electrons. The number of halogens is 1. The molecule has 0 radical (unpaired) electrons. The Morgan fingerprint density at radius 1 is 1.35 bits per heavy atom. The minimum atomic E-state index is -3.57. The smallest absolute Gasteiger partial charge is 0.207 e. The molecule has 0 N–H and O–H groups in total. The summed E-state index contributed by atoms with van der Waals surface area (Å²) >= 11 is 6.96. The first kappa shape index (κ1) is 14.2. The van der Waals surface area contributed by atoms with Crippen LogP contribution in [0.1, 0.15) is 19.3 Å². The Morgan fingerprint density at radius 2 is 2.20 bits per heavy atom. The predicted octanol–water partition coefficient (Wildman–Crippen LogP) is 2.47. The molecule has 1 saturated heterocycles. The van der Waals surface area contributed by atoms with Crippen molar-refractivity contribution in [3.63, 3.8) is 0 Å². The Kier molecular flexibility index (Phi) is 3.94. The van der Waals surface area contributed by atoms with E-state index in [0.717, 1.165) is 31.0 Å². The third kappa shape index (κ3) is 2.32. The van der Waals surface area contributed by atoms with Gasteiger partial charge < -0.3 is 0 Å². The summed E-state index contributed by atoms with van der Waals surface area (Å²) in [6, 6.07) is 4.94. The van der Waals surface area contributed by atoms with Crippen LogP contribution in [0, 0.1) is 0 Å². The summed E-state index contributed by atoms with van der Waals surface area (Å²) in [6.07, 6.45) is 2.71. The van der Waals surface area contributed by atoms with E-state index in [1.807, 2.05) is 0 Å². The van der Waals surface area contributed by atoms with Crippen LogP contribution in [0.3, 0.4) is 0 Å². The van der Waals surface area contributed by atoms with Crippen LogP contribution in [0.4, 0.5) is 0 Å². The number of fused-ring (bicyclic) bond motifs is 1. The van der Waals surface area contributed by atoms with E-state index in [4.69, 9.17) is 11.6 Å². The lowest BCUT2D eigenvalue weighted by molar-refractivity contribution is 0.271. The Labute approximate surface area is 126 Å². The number of piperidine rings is 1. The molecule has 1 aromatic heterocycles. The van der Waals surface area contributed by atoms with Gasteiger partial charge in [-0.1, -0.05) is 12.5 Å². The van der Waals surface area contributed by atoms with Crippen molar-refractivity contribution in [1.29, 1.82) is 0 Å². The lowest BCUT2D eigenvalue weighted by Gasteiger charge is -2.33. The van der Waals surface area contributed by atoms with Gasteiger partial charge in [0.2, 0.25) is 10.0 Å². The van der Waals surface area contributed by atoms with E-state index in [1.54, 1.807) is 18.2 Å². The topological polar surface area (TPSA) is 63.2 Å². The highest BCUT2D eigenvalue weighted by Crippen LogP contribution is 2.29. The molecule has 1 aliphatic heterocycles. The largest absolute Gasteiger partial charge is 0.245 e. The molecule has 1 atom stereocenters. The van der Waals surface area contributed by atoms with Gasteiger partial charge in [-0.2, -0.15) is 13.1 Å². The van der Waals surface area contributed by atoms with Crippen LogP contribution in [-0.4, -0.2) is 39.9 Å². The fraction of sp³-hybridized carbons (Fsp3) is 0.500. The van der Waals surface area contributed by atoms with Crippen LogP contribution in [-0.2, 0) is 10.0 Å². The van der Waals surface area contributed by atoms with Crippen molar-refractivity contribution in [3.8, 4) is 0 Å². The van der Waals surface area contributed by atoms with E-state index in [0.29, 0.717) is 23.5 Å². The minimum Gasteiger partial charge on any atom is -0.207 e. The summed E-state index contributed by atoms with van der Waals surface area (Å²) in [5.74, 6) is 0.324. The lowest BCUT2D eigenvalue weighted by atomic mass is 10.1. The molecule has 0 amide bonds. The van der Waals surface area contributed by atoms with Gasteiger partial charge in [0.25, 0.3) is 0 Å². The zero-order valence-electron chi connectivity index (χ0n) is 10.7. The molecule has 1 aliphatic rings. The van der Waals surface area contributed by atoms with Gasteiger partial charge in [-0.3, -0.25) is 0 Å². The number of sulfonamides is 1. The average Bonchev–Trinajstić information content (AvgIpc) is 2.95. The molecule has 2 aromatic rings. The van der Waals surface area contributed by atoms with Crippen molar-refractivity contribution < 1.29 is 8.42 Å². The summed E-state index contributed by atoms with van der Waals surface area (Å²) in [5.41, 5.74) is 1.08. The first-order valence-corrected chi connectivity index (χ1v) is 9.14.